The standard InChI is InChI=1S/C21H23N5O2S2/c1-3-16-23-20-18(14-7-6-12(2)9-15(14)30-20)19-24-25-21(26(16)19)29-11-17(27)22-10-13-5-4-8-28-13/h4-5,8,12H,3,6-7,9-11H2,1-2H3,(H,22,27). The van der Waals surface area contributed by atoms with Crippen LogP contribution in [0.25, 0.3) is 15.9 Å². The van der Waals surface area contributed by atoms with Crippen molar-refractivity contribution in [2.75, 3.05) is 5.75 Å². The summed E-state index contributed by atoms with van der Waals surface area (Å²) < 4.78 is 7.29. The molecule has 0 saturated carbocycles. The van der Waals surface area contributed by atoms with Crippen LogP contribution in [0.2, 0.25) is 0 Å². The summed E-state index contributed by atoms with van der Waals surface area (Å²) in [5, 5.41) is 13.7. The van der Waals surface area contributed by atoms with Gasteiger partial charge in [-0.15, -0.1) is 21.5 Å². The predicted octanol–water partition coefficient (Wildman–Crippen LogP) is 4.03. The lowest BCUT2D eigenvalue weighted by Gasteiger charge is -2.17. The van der Waals surface area contributed by atoms with E-state index in [4.69, 9.17) is 9.40 Å². The van der Waals surface area contributed by atoms with Crippen molar-refractivity contribution in [1.29, 1.82) is 0 Å². The first-order valence-corrected chi connectivity index (χ1v) is 12.0. The molecule has 7 nitrogen and oxygen atoms in total. The second-order valence-electron chi connectivity index (χ2n) is 7.70. The Morgan fingerprint density at radius 2 is 2.33 bits per heavy atom. The molecule has 1 aliphatic rings. The highest BCUT2D eigenvalue weighted by Crippen LogP contribution is 2.39. The van der Waals surface area contributed by atoms with Crippen LogP contribution >= 0.6 is 23.1 Å². The van der Waals surface area contributed by atoms with Crippen molar-refractivity contribution in [3.05, 3.63) is 40.4 Å². The van der Waals surface area contributed by atoms with Gasteiger partial charge in [-0.3, -0.25) is 9.20 Å². The number of carbonyl (C=O) groups excluding carboxylic acids is 1. The van der Waals surface area contributed by atoms with E-state index >= 15 is 0 Å². The number of aromatic nitrogens is 4. The van der Waals surface area contributed by atoms with E-state index in [0.29, 0.717) is 11.7 Å². The quantitative estimate of drug-likeness (QED) is 0.455. The maximum Gasteiger partial charge on any atom is 0.230 e. The average Bonchev–Trinajstić information content (AvgIpc) is 3.47. The summed E-state index contributed by atoms with van der Waals surface area (Å²) >= 11 is 3.20. The minimum atomic E-state index is -0.0675. The van der Waals surface area contributed by atoms with E-state index in [9.17, 15) is 4.79 Å². The number of carbonyl (C=O) groups is 1. The van der Waals surface area contributed by atoms with Crippen molar-refractivity contribution in [3.63, 3.8) is 0 Å². The number of hydrogen-bond donors (Lipinski definition) is 1. The van der Waals surface area contributed by atoms with E-state index in [2.05, 4.69) is 29.4 Å². The van der Waals surface area contributed by atoms with E-state index in [0.717, 1.165) is 52.6 Å². The van der Waals surface area contributed by atoms with Gasteiger partial charge in [-0.2, -0.15) is 0 Å². The van der Waals surface area contributed by atoms with Crippen LogP contribution in [-0.4, -0.2) is 31.2 Å². The number of thiophene rings is 1. The summed E-state index contributed by atoms with van der Waals surface area (Å²) in [6.45, 7) is 4.79. The molecule has 4 heterocycles. The zero-order valence-electron chi connectivity index (χ0n) is 17.0. The molecule has 0 aliphatic heterocycles. The number of thioether (sulfide) groups is 1. The third kappa shape index (κ3) is 3.50. The molecule has 0 bridgehead atoms. The van der Waals surface area contributed by atoms with Gasteiger partial charge in [-0.05, 0) is 42.9 Å². The zero-order valence-corrected chi connectivity index (χ0v) is 18.6. The first kappa shape index (κ1) is 19.6. The maximum absolute atomic E-state index is 12.3. The first-order valence-electron chi connectivity index (χ1n) is 10.2. The van der Waals surface area contributed by atoms with Crippen LogP contribution in [0.5, 0.6) is 0 Å². The molecular weight excluding hydrogens is 418 g/mol. The lowest BCUT2D eigenvalue weighted by Crippen LogP contribution is -2.24. The van der Waals surface area contributed by atoms with Crippen LogP contribution in [0, 0.1) is 5.92 Å². The van der Waals surface area contributed by atoms with E-state index in [1.165, 1.54) is 28.6 Å². The monoisotopic (exact) mass is 441 g/mol. The molecule has 0 fully saturated rings. The Kier molecular flexibility index (Phi) is 5.24. The number of rotatable bonds is 6. The average molecular weight is 442 g/mol. The van der Waals surface area contributed by atoms with Crippen LogP contribution in [-0.2, 0) is 30.6 Å². The van der Waals surface area contributed by atoms with Gasteiger partial charge in [-0.25, -0.2) is 4.98 Å². The van der Waals surface area contributed by atoms with Crippen LogP contribution in [0.3, 0.4) is 0 Å². The number of fused-ring (bicyclic) bond motifs is 5. The van der Waals surface area contributed by atoms with Crippen LogP contribution < -0.4 is 5.32 Å². The molecule has 1 N–H and O–H groups in total. The molecule has 4 aromatic rings. The normalized spacial score (nSPS) is 16.3. The maximum atomic E-state index is 12.3. The molecule has 0 saturated heterocycles. The molecule has 1 aliphatic carbocycles. The Balaban J connectivity index is 1.43. The van der Waals surface area contributed by atoms with Crippen LogP contribution in [0.1, 0.15) is 42.3 Å². The van der Waals surface area contributed by atoms with Crippen molar-refractivity contribution in [2.45, 2.75) is 51.2 Å². The van der Waals surface area contributed by atoms with Gasteiger partial charge in [0, 0.05) is 11.3 Å². The summed E-state index contributed by atoms with van der Waals surface area (Å²) in [6, 6.07) is 3.65. The van der Waals surface area contributed by atoms with Gasteiger partial charge < -0.3 is 9.73 Å². The second-order valence-corrected chi connectivity index (χ2v) is 9.73. The smallest absolute Gasteiger partial charge is 0.230 e. The topological polar surface area (TPSA) is 85.3 Å². The number of nitrogens with one attached hydrogen (secondary N) is 1. The Morgan fingerprint density at radius 1 is 1.43 bits per heavy atom. The van der Waals surface area contributed by atoms with E-state index in [1.54, 1.807) is 6.26 Å². The minimum absolute atomic E-state index is 0.0675. The third-order valence-electron chi connectivity index (χ3n) is 5.53. The lowest BCUT2D eigenvalue weighted by molar-refractivity contribution is -0.118. The molecule has 0 aromatic carbocycles. The Morgan fingerprint density at radius 3 is 3.13 bits per heavy atom. The summed E-state index contributed by atoms with van der Waals surface area (Å²) in [7, 11) is 0. The number of nitrogens with zero attached hydrogens (tertiary/aromatic N) is 4. The van der Waals surface area contributed by atoms with Gasteiger partial charge in [0.1, 0.15) is 16.4 Å². The zero-order chi connectivity index (χ0) is 20.7. The largest absolute Gasteiger partial charge is 0.467 e. The molecule has 5 rings (SSSR count). The van der Waals surface area contributed by atoms with Crippen molar-refractivity contribution >= 4 is 44.9 Å². The molecular formula is C21H23N5O2S2. The molecule has 9 heteroatoms. The highest BCUT2D eigenvalue weighted by molar-refractivity contribution is 7.99. The summed E-state index contributed by atoms with van der Waals surface area (Å²) in [6.07, 6.45) is 5.77. The Hall–Kier alpha value is -2.39. The molecule has 1 atom stereocenters. The molecule has 1 amide bonds. The number of furan rings is 1. The van der Waals surface area contributed by atoms with Gasteiger partial charge in [0.2, 0.25) is 5.91 Å². The van der Waals surface area contributed by atoms with E-state index < -0.39 is 0 Å². The van der Waals surface area contributed by atoms with Gasteiger partial charge in [0.15, 0.2) is 10.8 Å². The summed E-state index contributed by atoms with van der Waals surface area (Å²) in [5.41, 5.74) is 2.27. The van der Waals surface area contributed by atoms with Crippen molar-refractivity contribution in [3.8, 4) is 0 Å². The second kappa shape index (κ2) is 8.03. The predicted molar refractivity (Wildman–Crippen MR) is 118 cm³/mol. The van der Waals surface area contributed by atoms with Gasteiger partial charge in [0.25, 0.3) is 0 Å². The van der Waals surface area contributed by atoms with Gasteiger partial charge >= 0.3 is 0 Å². The van der Waals surface area contributed by atoms with Gasteiger partial charge in [-0.1, -0.05) is 25.6 Å². The third-order valence-corrected chi connectivity index (χ3v) is 7.60. The molecule has 30 heavy (non-hydrogen) atoms. The molecule has 0 radical (unpaired) electrons. The van der Waals surface area contributed by atoms with Crippen LogP contribution in [0.15, 0.2) is 28.0 Å². The molecule has 4 aromatic heterocycles. The van der Waals surface area contributed by atoms with Crippen molar-refractivity contribution in [2.24, 2.45) is 5.92 Å². The summed E-state index contributed by atoms with van der Waals surface area (Å²) in [5.74, 6) is 2.59. The summed E-state index contributed by atoms with van der Waals surface area (Å²) in [4.78, 5) is 19.7. The van der Waals surface area contributed by atoms with E-state index in [1.807, 2.05) is 27.9 Å². The van der Waals surface area contributed by atoms with E-state index in [-0.39, 0.29) is 11.7 Å². The highest BCUT2D eigenvalue weighted by atomic mass is 32.2. The molecule has 156 valence electrons. The fourth-order valence-corrected chi connectivity index (χ4v) is 6.17. The van der Waals surface area contributed by atoms with Crippen molar-refractivity contribution in [1.82, 2.24) is 24.9 Å². The fraction of sp³-hybridized carbons (Fsp3) is 0.429. The first-order chi connectivity index (χ1) is 14.6. The molecule has 0 spiro atoms. The Labute approximate surface area is 182 Å². The van der Waals surface area contributed by atoms with Crippen molar-refractivity contribution < 1.29 is 9.21 Å². The molecule has 1 unspecified atom stereocenters. The Bertz CT molecular complexity index is 1210. The number of amides is 1. The van der Waals surface area contributed by atoms with Crippen LogP contribution in [0.4, 0.5) is 0 Å². The lowest BCUT2D eigenvalue weighted by atomic mass is 9.89. The highest BCUT2D eigenvalue weighted by Gasteiger charge is 2.25. The number of hydrogen-bond acceptors (Lipinski definition) is 7. The fourth-order valence-electron chi connectivity index (χ4n) is 3.99. The number of aryl methyl sites for hydroxylation is 2. The minimum Gasteiger partial charge on any atom is -0.467 e. The SMILES string of the molecule is CCc1nc2sc3c(c2c2nnc(SCC(=O)NCc4ccco4)n12)CCC(C)C3. The van der Waals surface area contributed by atoms with Gasteiger partial charge in [0.05, 0.1) is 23.9 Å².